The Labute approximate surface area is 156 Å². The van der Waals surface area contributed by atoms with Crippen LogP contribution < -0.4 is 9.47 Å². The number of halogens is 1. The van der Waals surface area contributed by atoms with Gasteiger partial charge in [0.1, 0.15) is 23.7 Å². The third-order valence-electron chi connectivity index (χ3n) is 4.45. The van der Waals surface area contributed by atoms with Crippen molar-refractivity contribution in [2.24, 2.45) is 0 Å². The van der Waals surface area contributed by atoms with E-state index in [2.05, 4.69) is 9.97 Å². The summed E-state index contributed by atoms with van der Waals surface area (Å²) < 4.78 is 45.8. The monoisotopic (exact) mass is 387 g/mol. The Morgan fingerprint density at radius 1 is 1.22 bits per heavy atom. The molecule has 6 nitrogen and oxygen atoms in total. The molecule has 1 aromatic carbocycles. The zero-order chi connectivity index (χ0) is 19.0. The SMILES string of the molecule is COc1nccc2c(OCc3cc(F)cc([S@@](=N)(=O)C4CC4)c3)ccnc12. The minimum absolute atomic E-state index is 0.0781. The van der Waals surface area contributed by atoms with E-state index in [4.69, 9.17) is 14.3 Å². The lowest BCUT2D eigenvalue weighted by Crippen LogP contribution is -2.07. The number of nitrogens with zero attached hydrogens (tertiary/aromatic N) is 2. The summed E-state index contributed by atoms with van der Waals surface area (Å²) >= 11 is 0. The van der Waals surface area contributed by atoms with Crippen LogP contribution in [0.5, 0.6) is 11.6 Å². The van der Waals surface area contributed by atoms with Crippen molar-refractivity contribution >= 4 is 20.6 Å². The van der Waals surface area contributed by atoms with Crippen LogP contribution in [0.2, 0.25) is 0 Å². The van der Waals surface area contributed by atoms with Crippen LogP contribution in [0.3, 0.4) is 0 Å². The molecule has 1 saturated carbocycles. The summed E-state index contributed by atoms with van der Waals surface area (Å²) in [4.78, 5) is 8.61. The fraction of sp³-hybridized carbons (Fsp3) is 0.263. The number of aromatic nitrogens is 2. The highest BCUT2D eigenvalue weighted by atomic mass is 32.2. The molecule has 27 heavy (non-hydrogen) atoms. The fourth-order valence-corrected chi connectivity index (χ4v) is 4.73. The Kier molecular flexibility index (Phi) is 4.43. The lowest BCUT2D eigenvalue weighted by atomic mass is 10.2. The maximum absolute atomic E-state index is 14.0. The molecule has 1 fully saturated rings. The van der Waals surface area contributed by atoms with E-state index in [9.17, 15) is 8.60 Å². The minimum Gasteiger partial charge on any atom is -0.488 e. The topological polar surface area (TPSA) is 85.2 Å². The number of pyridine rings is 2. The molecule has 1 aliphatic carbocycles. The summed E-state index contributed by atoms with van der Waals surface area (Å²) in [6, 6.07) is 7.59. The van der Waals surface area contributed by atoms with Crippen molar-refractivity contribution in [3.05, 3.63) is 54.1 Å². The largest absolute Gasteiger partial charge is 0.488 e. The predicted octanol–water partition coefficient (Wildman–Crippen LogP) is 3.92. The lowest BCUT2D eigenvalue weighted by molar-refractivity contribution is 0.308. The van der Waals surface area contributed by atoms with Crippen molar-refractivity contribution in [2.45, 2.75) is 29.6 Å². The molecule has 0 bridgehead atoms. The Morgan fingerprint density at radius 2 is 2.00 bits per heavy atom. The molecule has 1 atom stereocenters. The van der Waals surface area contributed by atoms with Crippen molar-refractivity contribution < 1.29 is 18.1 Å². The van der Waals surface area contributed by atoms with E-state index in [-0.39, 0.29) is 16.8 Å². The van der Waals surface area contributed by atoms with Crippen LogP contribution in [0.4, 0.5) is 4.39 Å². The van der Waals surface area contributed by atoms with Gasteiger partial charge in [0.15, 0.2) is 0 Å². The van der Waals surface area contributed by atoms with Crippen molar-refractivity contribution in [3.63, 3.8) is 0 Å². The number of methoxy groups -OCH3 is 1. The summed E-state index contributed by atoms with van der Waals surface area (Å²) in [5.74, 6) is 0.432. The average molecular weight is 387 g/mol. The first-order chi connectivity index (χ1) is 13.0. The molecule has 0 radical (unpaired) electrons. The number of rotatable bonds is 6. The summed E-state index contributed by atoms with van der Waals surface area (Å²) in [5.41, 5.74) is 1.09. The number of hydrogen-bond donors (Lipinski definition) is 1. The van der Waals surface area contributed by atoms with E-state index in [0.29, 0.717) is 22.7 Å². The van der Waals surface area contributed by atoms with Gasteiger partial charge in [-0.05, 0) is 48.7 Å². The molecule has 0 amide bonds. The molecule has 140 valence electrons. The van der Waals surface area contributed by atoms with Crippen molar-refractivity contribution in [1.29, 1.82) is 4.78 Å². The normalized spacial score (nSPS) is 16.1. The molecular weight excluding hydrogens is 369 g/mol. The summed E-state index contributed by atoms with van der Waals surface area (Å²) in [6.45, 7) is 0.0781. The van der Waals surface area contributed by atoms with Gasteiger partial charge in [-0.1, -0.05) is 0 Å². The standard InChI is InChI=1S/C19H18FN3O3S/c1-25-19-18-16(4-6-23-19)17(5-7-22-18)26-11-12-8-13(20)10-15(9-12)27(21,24)14-2-3-14/h4-10,14,21H,2-3,11H2,1H3/t27-/m0/s1. The van der Waals surface area contributed by atoms with Crippen LogP contribution in [-0.4, -0.2) is 26.5 Å². The minimum atomic E-state index is -2.97. The lowest BCUT2D eigenvalue weighted by Gasteiger charge is -2.12. The van der Waals surface area contributed by atoms with Crippen LogP contribution in [0.15, 0.2) is 47.6 Å². The Bertz CT molecular complexity index is 1110. The number of benzene rings is 1. The van der Waals surface area contributed by atoms with Crippen LogP contribution in [0.25, 0.3) is 10.9 Å². The van der Waals surface area contributed by atoms with E-state index in [1.807, 2.05) is 0 Å². The summed E-state index contributed by atoms with van der Waals surface area (Å²) in [7, 11) is -1.45. The molecule has 3 aromatic rings. The number of fused-ring (bicyclic) bond motifs is 1. The van der Waals surface area contributed by atoms with Gasteiger partial charge in [0, 0.05) is 23.0 Å². The van der Waals surface area contributed by atoms with E-state index in [1.54, 1.807) is 30.6 Å². The quantitative estimate of drug-likeness (QED) is 0.693. The van der Waals surface area contributed by atoms with Crippen LogP contribution >= 0.6 is 0 Å². The third kappa shape index (κ3) is 3.44. The Hall–Kier alpha value is -2.74. The first kappa shape index (κ1) is 17.7. The zero-order valence-corrected chi connectivity index (χ0v) is 15.5. The van der Waals surface area contributed by atoms with Gasteiger partial charge in [-0.15, -0.1) is 0 Å². The third-order valence-corrected chi connectivity index (χ3v) is 6.79. The maximum atomic E-state index is 14.0. The van der Waals surface area contributed by atoms with Gasteiger partial charge in [0.05, 0.1) is 21.7 Å². The summed E-state index contributed by atoms with van der Waals surface area (Å²) in [5, 5.41) is 0.556. The zero-order valence-electron chi connectivity index (χ0n) is 14.6. The molecule has 2 heterocycles. The number of nitrogens with one attached hydrogen (secondary N) is 1. The molecule has 8 heteroatoms. The average Bonchev–Trinajstić information content (AvgIpc) is 3.51. The second-order valence-electron chi connectivity index (χ2n) is 6.41. The van der Waals surface area contributed by atoms with E-state index >= 15 is 0 Å². The van der Waals surface area contributed by atoms with Gasteiger partial charge in [0.25, 0.3) is 0 Å². The van der Waals surface area contributed by atoms with Crippen LogP contribution in [0.1, 0.15) is 18.4 Å². The molecular formula is C19H18FN3O3S. The van der Waals surface area contributed by atoms with E-state index < -0.39 is 15.5 Å². The molecule has 0 saturated heterocycles. The first-order valence-electron chi connectivity index (χ1n) is 8.46. The maximum Gasteiger partial charge on any atom is 0.240 e. The van der Waals surface area contributed by atoms with Gasteiger partial charge in [0.2, 0.25) is 5.88 Å². The molecule has 2 aromatic heterocycles. The van der Waals surface area contributed by atoms with Crippen LogP contribution in [-0.2, 0) is 16.3 Å². The molecule has 1 N–H and O–H groups in total. The van der Waals surface area contributed by atoms with Crippen LogP contribution in [0, 0.1) is 10.6 Å². The first-order valence-corrected chi connectivity index (χ1v) is 10.1. The second-order valence-corrected chi connectivity index (χ2v) is 8.75. The Balaban J connectivity index is 1.63. The van der Waals surface area contributed by atoms with Crippen molar-refractivity contribution in [2.75, 3.05) is 7.11 Å². The predicted molar refractivity (Wildman–Crippen MR) is 99.0 cm³/mol. The molecule has 0 unspecified atom stereocenters. The van der Waals surface area contributed by atoms with Gasteiger partial charge < -0.3 is 9.47 Å². The van der Waals surface area contributed by atoms with Crippen molar-refractivity contribution in [3.8, 4) is 11.6 Å². The van der Waals surface area contributed by atoms with Gasteiger partial charge in [-0.25, -0.2) is 18.4 Å². The summed E-state index contributed by atoms with van der Waals surface area (Å²) in [6.07, 6.45) is 4.69. The smallest absolute Gasteiger partial charge is 0.240 e. The van der Waals surface area contributed by atoms with Gasteiger partial charge in [-0.2, -0.15) is 0 Å². The highest BCUT2D eigenvalue weighted by molar-refractivity contribution is 7.93. The highest BCUT2D eigenvalue weighted by Crippen LogP contribution is 2.35. The van der Waals surface area contributed by atoms with Gasteiger partial charge >= 0.3 is 0 Å². The fourth-order valence-electron chi connectivity index (χ4n) is 2.94. The van der Waals surface area contributed by atoms with Gasteiger partial charge in [-0.3, -0.25) is 4.98 Å². The number of ether oxygens (including phenoxy) is 2. The molecule has 1 aliphatic rings. The number of hydrogen-bond acceptors (Lipinski definition) is 6. The molecule has 0 spiro atoms. The Morgan fingerprint density at radius 3 is 2.74 bits per heavy atom. The van der Waals surface area contributed by atoms with E-state index in [0.717, 1.165) is 18.2 Å². The second kappa shape index (κ2) is 6.77. The van der Waals surface area contributed by atoms with Crippen molar-refractivity contribution in [1.82, 2.24) is 9.97 Å². The highest BCUT2D eigenvalue weighted by Gasteiger charge is 2.34. The molecule has 0 aliphatic heterocycles. The molecule has 4 rings (SSSR count). The van der Waals surface area contributed by atoms with E-state index in [1.165, 1.54) is 19.2 Å².